The van der Waals surface area contributed by atoms with Crippen molar-refractivity contribution in [3.8, 4) is 0 Å². The maximum atomic E-state index is 13.3. The Morgan fingerprint density at radius 2 is 2.11 bits per heavy atom. The highest BCUT2D eigenvalue weighted by molar-refractivity contribution is 7.89. The summed E-state index contributed by atoms with van der Waals surface area (Å²) in [5.74, 6) is -1.12. The van der Waals surface area contributed by atoms with E-state index >= 15 is 0 Å². The summed E-state index contributed by atoms with van der Waals surface area (Å²) < 4.78 is 35.6. The van der Waals surface area contributed by atoms with Gasteiger partial charge in [-0.15, -0.1) is 0 Å². The Balaban J connectivity index is 2.94. The summed E-state index contributed by atoms with van der Waals surface area (Å²) in [6.45, 7) is 4.44. The van der Waals surface area contributed by atoms with E-state index in [0.717, 1.165) is 18.6 Å². The van der Waals surface area contributed by atoms with Gasteiger partial charge in [0, 0.05) is 12.1 Å². The molecule has 1 rings (SSSR count). The highest BCUT2D eigenvalue weighted by Crippen LogP contribution is 2.15. The lowest BCUT2D eigenvalue weighted by Crippen LogP contribution is -2.28. The number of nitrogens with one attached hydrogen (secondary N) is 1. The number of nitrogens with two attached hydrogens (primary N) is 1. The van der Waals surface area contributed by atoms with Crippen LogP contribution < -0.4 is 10.5 Å². The molecule has 7 heteroatoms. The molecule has 19 heavy (non-hydrogen) atoms. The highest BCUT2D eigenvalue weighted by atomic mass is 32.2. The van der Waals surface area contributed by atoms with Gasteiger partial charge in [-0.05, 0) is 24.1 Å². The Bertz CT molecular complexity index is 572. The molecule has 5 nitrogen and oxygen atoms in total. The zero-order valence-corrected chi connectivity index (χ0v) is 11.6. The van der Waals surface area contributed by atoms with Crippen molar-refractivity contribution in [3.05, 3.63) is 29.6 Å². The molecule has 0 saturated heterocycles. The zero-order valence-electron chi connectivity index (χ0n) is 10.8. The predicted molar refractivity (Wildman–Crippen MR) is 69.6 cm³/mol. The van der Waals surface area contributed by atoms with Crippen molar-refractivity contribution in [1.82, 2.24) is 5.32 Å². The number of halogens is 1. The lowest BCUT2D eigenvalue weighted by atomic mass is 10.1. The molecule has 0 saturated carbocycles. The second-order valence-electron chi connectivity index (χ2n) is 4.41. The van der Waals surface area contributed by atoms with Gasteiger partial charge in [-0.3, -0.25) is 4.79 Å². The van der Waals surface area contributed by atoms with E-state index in [2.05, 4.69) is 5.32 Å². The van der Waals surface area contributed by atoms with E-state index in [1.807, 2.05) is 13.8 Å². The van der Waals surface area contributed by atoms with Gasteiger partial charge in [0.05, 0.1) is 0 Å². The molecule has 106 valence electrons. The topological polar surface area (TPSA) is 89.3 Å². The third-order valence-corrected chi connectivity index (χ3v) is 3.73. The molecule has 0 fully saturated rings. The maximum Gasteiger partial charge on any atom is 0.251 e. The first-order chi connectivity index (χ1) is 8.75. The minimum atomic E-state index is -4.18. The monoisotopic (exact) mass is 288 g/mol. The minimum absolute atomic E-state index is 0.0636. The molecular weight excluding hydrogens is 271 g/mol. The number of carbonyl (C=O) groups excluding carboxylic acids is 1. The second kappa shape index (κ2) is 6.12. The van der Waals surface area contributed by atoms with Gasteiger partial charge in [0.1, 0.15) is 10.7 Å². The molecule has 1 atom stereocenters. The lowest BCUT2D eigenvalue weighted by molar-refractivity contribution is 0.0947. The van der Waals surface area contributed by atoms with Gasteiger partial charge >= 0.3 is 0 Å². The maximum absolute atomic E-state index is 13.3. The van der Waals surface area contributed by atoms with E-state index in [9.17, 15) is 17.6 Å². The smallest absolute Gasteiger partial charge is 0.251 e. The van der Waals surface area contributed by atoms with E-state index in [4.69, 9.17) is 5.14 Å². The molecule has 1 aromatic rings. The number of sulfonamides is 1. The number of hydrogen-bond donors (Lipinski definition) is 2. The van der Waals surface area contributed by atoms with Crippen LogP contribution in [0.5, 0.6) is 0 Å². The quantitative estimate of drug-likeness (QED) is 0.854. The van der Waals surface area contributed by atoms with Gasteiger partial charge in [0.15, 0.2) is 0 Å². The molecule has 0 radical (unpaired) electrons. The summed E-state index contributed by atoms with van der Waals surface area (Å²) in [5.41, 5.74) is 0.0636. The van der Waals surface area contributed by atoms with Crippen LogP contribution in [0.2, 0.25) is 0 Å². The average Bonchev–Trinajstić information content (AvgIpc) is 2.34. The van der Waals surface area contributed by atoms with E-state index in [-0.39, 0.29) is 5.56 Å². The number of amides is 1. The van der Waals surface area contributed by atoms with Crippen LogP contribution in [0.25, 0.3) is 0 Å². The fourth-order valence-electron chi connectivity index (χ4n) is 1.38. The largest absolute Gasteiger partial charge is 0.352 e. The Hall–Kier alpha value is -1.47. The van der Waals surface area contributed by atoms with Crippen molar-refractivity contribution in [3.63, 3.8) is 0 Å². The van der Waals surface area contributed by atoms with Crippen molar-refractivity contribution < 1.29 is 17.6 Å². The lowest BCUT2D eigenvalue weighted by Gasteiger charge is -2.10. The van der Waals surface area contributed by atoms with Crippen molar-refractivity contribution in [1.29, 1.82) is 0 Å². The molecule has 0 aliphatic rings. The fourth-order valence-corrected chi connectivity index (χ4v) is 2.01. The van der Waals surface area contributed by atoms with Gasteiger partial charge in [-0.25, -0.2) is 17.9 Å². The molecule has 0 heterocycles. The van der Waals surface area contributed by atoms with Gasteiger partial charge in [-0.1, -0.05) is 20.3 Å². The predicted octanol–water partition coefficient (Wildman–Crippen LogP) is 1.25. The molecule has 1 aromatic carbocycles. The van der Waals surface area contributed by atoms with Crippen LogP contribution in [0.15, 0.2) is 23.1 Å². The minimum Gasteiger partial charge on any atom is -0.352 e. The van der Waals surface area contributed by atoms with Crippen molar-refractivity contribution in [2.75, 3.05) is 6.54 Å². The summed E-state index contributed by atoms with van der Waals surface area (Å²) in [7, 11) is -4.18. The van der Waals surface area contributed by atoms with Gasteiger partial charge < -0.3 is 5.32 Å². The number of hydrogen-bond acceptors (Lipinski definition) is 3. The van der Waals surface area contributed by atoms with Crippen LogP contribution in [-0.2, 0) is 10.0 Å². The van der Waals surface area contributed by atoms with E-state index in [1.165, 1.54) is 6.07 Å². The Labute approximate surface area is 112 Å². The van der Waals surface area contributed by atoms with Crippen molar-refractivity contribution in [2.45, 2.75) is 25.2 Å². The number of rotatable bonds is 5. The molecule has 0 aliphatic heterocycles. The second-order valence-corrected chi connectivity index (χ2v) is 5.94. The SMILES string of the molecule is CCC(C)CNC(=O)c1ccc(F)c(S(N)(=O)=O)c1. The first kappa shape index (κ1) is 15.6. The standard InChI is InChI=1S/C12H17FN2O3S/c1-3-8(2)7-15-12(16)9-4-5-10(13)11(6-9)19(14,17)18/h4-6,8H,3,7H2,1-2H3,(H,15,16)(H2,14,17,18). The molecule has 0 aliphatic carbocycles. The third-order valence-electron chi connectivity index (χ3n) is 2.81. The van der Waals surface area contributed by atoms with Crippen LogP contribution in [0, 0.1) is 11.7 Å². The van der Waals surface area contributed by atoms with Gasteiger partial charge in [0.25, 0.3) is 5.91 Å². The Morgan fingerprint density at radius 3 is 2.63 bits per heavy atom. The van der Waals surface area contributed by atoms with Gasteiger partial charge in [0.2, 0.25) is 10.0 Å². The summed E-state index contributed by atoms with van der Waals surface area (Å²) in [4.78, 5) is 11.1. The number of benzene rings is 1. The third kappa shape index (κ3) is 4.29. The normalized spacial score (nSPS) is 13.1. The molecular formula is C12H17FN2O3S. The Kier molecular flexibility index (Phi) is 5.02. The van der Waals surface area contributed by atoms with E-state index < -0.39 is 26.6 Å². The number of carbonyl (C=O) groups is 1. The zero-order chi connectivity index (χ0) is 14.6. The number of primary sulfonamides is 1. The first-order valence-corrected chi connectivity index (χ1v) is 7.41. The first-order valence-electron chi connectivity index (χ1n) is 5.86. The summed E-state index contributed by atoms with van der Waals surface area (Å²) in [5, 5.41) is 7.52. The van der Waals surface area contributed by atoms with E-state index in [1.54, 1.807) is 0 Å². The van der Waals surface area contributed by atoms with Crippen LogP contribution in [0.3, 0.4) is 0 Å². The molecule has 1 amide bonds. The molecule has 0 aromatic heterocycles. The van der Waals surface area contributed by atoms with Crippen molar-refractivity contribution in [2.24, 2.45) is 11.1 Å². The Morgan fingerprint density at radius 1 is 1.47 bits per heavy atom. The van der Waals surface area contributed by atoms with Crippen LogP contribution in [0.1, 0.15) is 30.6 Å². The molecule has 1 unspecified atom stereocenters. The van der Waals surface area contributed by atoms with Crippen LogP contribution in [-0.4, -0.2) is 20.9 Å². The van der Waals surface area contributed by atoms with Crippen molar-refractivity contribution >= 4 is 15.9 Å². The fraction of sp³-hybridized carbons (Fsp3) is 0.417. The summed E-state index contributed by atoms with van der Waals surface area (Å²) in [6.07, 6.45) is 0.909. The average molecular weight is 288 g/mol. The van der Waals surface area contributed by atoms with Crippen LogP contribution in [0.4, 0.5) is 4.39 Å². The molecule has 0 bridgehead atoms. The van der Waals surface area contributed by atoms with Gasteiger partial charge in [-0.2, -0.15) is 0 Å². The molecule has 3 N–H and O–H groups in total. The summed E-state index contributed by atoms with van der Waals surface area (Å²) in [6, 6.07) is 3.07. The highest BCUT2D eigenvalue weighted by Gasteiger charge is 2.17. The van der Waals surface area contributed by atoms with Crippen LogP contribution >= 0.6 is 0 Å². The van der Waals surface area contributed by atoms with E-state index in [0.29, 0.717) is 12.5 Å². The molecule has 0 spiro atoms. The summed E-state index contributed by atoms with van der Waals surface area (Å²) >= 11 is 0.